The molecule has 1 aromatic rings. The lowest BCUT2D eigenvalue weighted by Gasteiger charge is -2.27. The van der Waals surface area contributed by atoms with Crippen molar-refractivity contribution in [2.75, 3.05) is 0 Å². The van der Waals surface area contributed by atoms with E-state index < -0.39 is 17.3 Å². The molecule has 0 bridgehead atoms. The lowest BCUT2D eigenvalue weighted by atomic mass is 9.72. The minimum absolute atomic E-state index is 0.00611. The van der Waals surface area contributed by atoms with E-state index in [1.807, 2.05) is 39.0 Å². The minimum atomic E-state index is -0.877. The second-order valence-electron chi connectivity index (χ2n) is 5.84. The monoisotopic (exact) mass is 258 g/mol. The number of carbonyl (C=O) groups is 1. The van der Waals surface area contributed by atoms with Gasteiger partial charge in [0.25, 0.3) is 0 Å². The van der Waals surface area contributed by atoms with Crippen molar-refractivity contribution in [2.45, 2.75) is 44.5 Å². The number of epoxide rings is 1. The van der Waals surface area contributed by atoms with E-state index >= 15 is 0 Å². The predicted octanol–water partition coefficient (Wildman–Crippen LogP) is 2.80. The Labute approximate surface area is 112 Å². The van der Waals surface area contributed by atoms with Crippen LogP contribution in [-0.4, -0.2) is 22.1 Å². The van der Waals surface area contributed by atoms with Crippen molar-refractivity contribution in [2.24, 2.45) is 0 Å². The maximum atomic E-state index is 12.7. The molecule has 3 atom stereocenters. The molecule has 3 heteroatoms. The number of aliphatic hydroxyl groups excluding tert-OH is 1. The van der Waals surface area contributed by atoms with Gasteiger partial charge in [-0.05, 0) is 26.3 Å². The molecule has 0 saturated carbocycles. The first-order valence-electron chi connectivity index (χ1n) is 6.58. The molecule has 0 spiro atoms. The second-order valence-corrected chi connectivity index (χ2v) is 5.84. The summed E-state index contributed by atoms with van der Waals surface area (Å²) in [7, 11) is 0. The van der Waals surface area contributed by atoms with E-state index in [0.717, 1.165) is 5.57 Å². The Morgan fingerprint density at radius 1 is 1.42 bits per heavy atom. The highest BCUT2D eigenvalue weighted by molar-refractivity contribution is 6.08. The first-order chi connectivity index (χ1) is 8.92. The van der Waals surface area contributed by atoms with E-state index in [2.05, 4.69) is 0 Å². The Balaban J connectivity index is 2.08. The zero-order valence-corrected chi connectivity index (χ0v) is 11.4. The smallest absolute Gasteiger partial charge is 0.198 e. The van der Waals surface area contributed by atoms with Crippen molar-refractivity contribution in [1.82, 2.24) is 0 Å². The summed E-state index contributed by atoms with van der Waals surface area (Å²) in [5.74, 6) is -0.00611. The molecule has 100 valence electrons. The van der Waals surface area contributed by atoms with Gasteiger partial charge in [0.2, 0.25) is 0 Å². The fourth-order valence-electron chi connectivity index (χ4n) is 3.03. The normalized spacial score (nSPS) is 35.4. The molecule has 3 rings (SSSR count). The molecule has 1 aliphatic carbocycles. The topological polar surface area (TPSA) is 49.8 Å². The van der Waals surface area contributed by atoms with E-state index in [1.165, 1.54) is 0 Å². The SMILES string of the molecule is CC(C)=CCC12OC1(C)C(O)c1ccccc1C2=O. The Bertz CT molecular complexity index is 585. The second kappa shape index (κ2) is 3.78. The molecule has 1 heterocycles. The molecule has 1 aromatic carbocycles. The van der Waals surface area contributed by atoms with Gasteiger partial charge in [-0.1, -0.05) is 35.9 Å². The Morgan fingerprint density at radius 3 is 2.79 bits per heavy atom. The number of rotatable bonds is 2. The maximum absolute atomic E-state index is 12.7. The van der Waals surface area contributed by atoms with E-state index in [4.69, 9.17) is 4.74 Å². The number of carbonyl (C=O) groups excluding carboxylic acids is 1. The summed E-state index contributed by atoms with van der Waals surface area (Å²) in [5.41, 5.74) is 0.753. The Morgan fingerprint density at radius 2 is 2.11 bits per heavy atom. The fourth-order valence-corrected chi connectivity index (χ4v) is 3.03. The Hall–Kier alpha value is -1.45. The largest absolute Gasteiger partial charge is 0.385 e. The molecular weight excluding hydrogens is 240 g/mol. The number of hydrogen-bond donors (Lipinski definition) is 1. The lowest BCUT2D eigenvalue weighted by Crippen LogP contribution is -2.41. The van der Waals surface area contributed by atoms with Crippen molar-refractivity contribution >= 4 is 5.78 Å². The van der Waals surface area contributed by atoms with Crippen LogP contribution in [0, 0.1) is 0 Å². The maximum Gasteiger partial charge on any atom is 0.198 e. The summed E-state index contributed by atoms with van der Waals surface area (Å²) in [4.78, 5) is 12.7. The number of allylic oxidation sites excluding steroid dienone is 1. The van der Waals surface area contributed by atoms with Gasteiger partial charge < -0.3 is 9.84 Å². The first kappa shape index (κ1) is 12.6. The van der Waals surface area contributed by atoms with Gasteiger partial charge in [-0.25, -0.2) is 0 Å². The van der Waals surface area contributed by atoms with Gasteiger partial charge in [-0.2, -0.15) is 0 Å². The molecule has 3 unspecified atom stereocenters. The van der Waals surface area contributed by atoms with Crippen LogP contribution in [0.5, 0.6) is 0 Å². The number of fused-ring (bicyclic) bond motifs is 2. The minimum Gasteiger partial charge on any atom is -0.385 e. The molecule has 0 aromatic heterocycles. The molecular formula is C16H18O3. The number of hydrogen-bond acceptors (Lipinski definition) is 3. The summed E-state index contributed by atoms with van der Waals surface area (Å²) < 4.78 is 5.77. The average molecular weight is 258 g/mol. The first-order valence-corrected chi connectivity index (χ1v) is 6.58. The van der Waals surface area contributed by atoms with Crippen molar-refractivity contribution < 1.29 is 14.6 Å². The zero-order chi connectivity index (χ0) is 13.8. The van der Waals surface area contributed by atoms with Crippen LogP contribution >= 0.6 is 0 Å². The molecule has 2 aliphatic rings. The van der Waals surface area contributed by atoms with E-state index in [-0.39, 0.29) is 5.78 Å². The van der Waals surface area contributed by atoms with Crippen molar-refractivity contribution in [3.05, 3.63) is 47.0 Å². The molecule has 1 aliphatic heterocycles. The van der Waals surface area contributed by atoms with Gasteiger partial charge in [0.15, 0.2) is 11.4 Å². The van der Waals surface area contributed by atoms with Crippen LogP contribution in [0.2, 0.25) is 0 Å². The number of Topliss-reactive ketones (excluding diaryl/α,β-unsaturated/α-hetero) is 1. The molecule has 1 N–H and O–H groups in total. The van der Waals surface area contributed by atoms with Crippen LogP contribution < -0.4 is 0 Å². The van der Waals surface area contributed by atoms with Gasteiger partial charge in [-0.3, -0.25) is 4.79 Å². The van der Waals surface area contributed by atoms with Gasteiger partial charge in [0, 0.05) is 12.0 Å². The summed E-state index contributed by atoms with van der Waals surface area (Å²) in [6.07, 6.45) is 1.78. The van der Waals surface area contributed by atoms with Crippen LogP contribution in [0.4, 0.5) is 0 Å². The third-order valence-corrected chi connectivity index (χ3v) is 4.33. The standard InChI is InChI=1S/C16H18O3/c1-10(2)8-9-16-14(18)12-7-5-4-6-11(12)13(17)15(16,3)19-16/h4-8,13,17H,9H2,1-3H3. The zero-order valence-electron chi connectivity index (χ0n) is 11.4. The van der Waals surface area contributed by atoms with E-state index in [9.17, 15) is 9.90 Å². The highest BCUT2D eigenvalue weighted by Gasteiger charge is 2.76. The number of aliphatic hydroxyl groups is 1. The summed E-state index contributed by atoms with van der Waals surface area (Å²) >= 11 is 0. The number of ether oxygens (including phenoxy) is 1. The quantitative estimate of drug-likeness (QED) is 0.655. The number of ketones is 1. The van der Waals surface area contributed by atoms with Crippen LogP contribution in [-0.2, 0) is 4.74 Å². The fraction of sp³-hybridized carbons (Fsp3) is 0.438. The summed E-state index contributed by atoms with van der Waals surface area (Å²) in [6.45, 7) is 5.81. The van der Waals surface area contributed by atoms with Crippen molar-refractivity contribution in [3.63, 3.8) is 0 Å². The van der Waals surface area contributed by atoms with E-state index in [0.29, 0.717) is 17.5 Å². The number of benzene rings is 1. The predicted molar refractivity (Wildman–Crippen MR) is 72.0 cm³/mol. The molecule has 0 radical (unpaired) electrons. The van der Waals surface area contributed by atoms with Crippen LogP contribution in [0.1, 0.15) is 49.2 Å². The Kier molecular flexibility index (Phi) is 2.50. The van der Waals surface area contributed by atoms with E-state index in [1.54, 1.807) is 12.1 Å². The van der Waals surface area contributed by atoms with Gasteiger partial charge in [0.05, 0.1) is 0 Å². The van der Waals surface area contributed by atoms with Gasteiger partial charge in [-0.15, -0.1) is 0 Å². The average Bonchev–Trinajstić information content (AvgIpc) is 3.03. The highest BCUT2D eigenvalue weighted by Crippen LogP contribution is 2.62. The molecule has 0 amide bonds. The molecule has 1 saturated heterocycles. The van der Waals surface area contributed by atoms with Crippen LogP contribution in [0.25, 0.3) is 0 Å². The summed E-state index contributed by atoms with van der Waals surface area (Å²) in [5, 5.41) is 10.5. The molecule has 3 nitrogen and oxygen atoms in total. The highest BCUT2D eigenvalue weighted by atomic mass is 16.6. The van der Waals surface area contributed by atoms with Crippen molar-refractivity contribution in [3.8, 4) is 0 Å². The molecule has 19 heavy (non-hydrogen) atoms. The lowest BCUT2D eigenvalue weighted by molar-refractivity contribution is 0.0782. The van der Waals surface area contributed by atoms with Crippen LogP contribution in [0.3, 0.4) is 0 Å². The van der Waals surface area contributed by atoms with Crippen molar-refractivity contribution in [1.29, 1.82) is 0 Å². The van der Waals surface area contributed by atoms with Gasteiger partial charge in [0.1, 0.15) is 11.7 Å². The molecule has 1 fully saturated rings. The third-order valence-electron chi connectivity index (χ3n) is 4.33. The third kappa shape index (κ3) is 1.49. The van der Waals surface area contributed by atoms with Gasteiger partial charge >= 0.3 is 0 Å². The van der Waals surface area contributed by atoms with Crippen LogP contribution in [0.15, 0.2) is 35.9 Å². The summed E-state index contributed by atoms with van der Waals surface area (Å²) in [6, 6.07) is 7.23.